The van der Waals surface area contributed by atoms with E-state index >= 15 is 0 Å². The van der Waals surface area contributed by atoms with E-state index in [0.29, 0.717) is 12.8 Å². The minimum Gasteiger partial charge on any atom is -0.328 e. The molecule has 0 spiro atoms. The van der Waals surface area contributed by atoms with Crippen LogP contribution in [0, 0.1) is 0 Å². The van der Waals surface area contributed by atoms with Gasteiger partial charge in [0.05, 0.1) is 7.11 Å². The lowest BCUT2D eigenvalue weighted by Gasteiger charge is -2.34. The van der Waals surface area contributed by atoms with Crippen LogP contribution in [0.15, 0.2) is 0 Å². The predicted molar refractivity (Wildman–Crippen MR) is 53.0 cm³/mol. The molecule has 0 saturated heterocycles. The Kier molecular flexibility index (Phi) is 3.88. The Morgan fingerprint density at radius 1 is 1.36 bits per heavy atom. The molecule has 0 unspecified atom stereocenters. The Bertz CT molecular complexity index is 274. The second kappa shape index (κ2) is 4.57. The van der Waals surface area contributed by atoms with Crippen molar-refractivity contribution in [3.05, 3.63) is 0 Å². The van der Waals surface area contributed by atoms with Gasteiger partial charge in [-0.25, -0.2) is 4.18 Å². The van der Waals surface area contributed by atoms with Gasteiger partial charge in [-0.3, -0.25) is 4.18 Å². The van der Waals surface area contributed by atoms with Crippen molar-refractivity contribution >= 4 is 10.4 Å². The van der Waals surface area contributed by atoms with E-state index in [1.165, 1.54) is 0 Å². The van der Waals surface area contributed by atoms with Crippen molar-refractivity contribution in [3.63, 3.8) is 0 Å². The van der Waals surface area contributed by atoms with Crippen molar-refractivity contribution in [1.82, 2.24) is 0 Å². The summed E-state index contributed by atoms with van der Waals surface area (Å²) in [7, 11) is -2.78. The van der Waals surface area contributed by atoms with E-state index in [0.717, 1.165) is 26.4 Å². The van der Waals surface area contributed by atoms with Crippen LogP contribution in [-0.4, -0.2) is 27.7 Å². The zero-order chi connectivity index (χ0) is 10.7. The second-order valence-corrected chi connectivity index (χ2v) is 4.92. The van der Waals surface area contributed by atoms with Crippen molar-refractivity contribution in [2.45, 2.75) is 37.7 Å². The molecule has 1 fully saturated rings. The summed E-state index contributed by atoms with van der Waals surface area (Å²) >= 11 is 0. The summed E-state index contributed by atoms with van der Waals surface area (Å²) in [5, 5.41) is 0. The SMILES string of the molecule is COS(=O)(=O)OC1(CN)CCCCC1.[H+]. The van der Waals surface area contributed by atoms with Gasteiger partial charge in [0.2, 0.25) is 0 Å². The molecule has 0 bridgehead atoms. The molecule has 6 heteroatoms. The minimum atomic E-state index is -3.87. The van der Waals surface area contributed by atoms with E-state index in [4.69, 9.17) is 9.92 Å². The highest BCUT2D eigenvalue weighted by Gasteiger charge is 2.36. The first-order valence-corrected chi connectivity index (χ1v) is 6.08. The average molecular weight is 224 g/mol. The normalized spacial score (nSPS) is 22.1. The molecule has 1 saturated carbocycles. The lowest BCUT2D eigenvalue weighted by Crippen LogP contribution is -2.44. The predicted octanol–water partition coefficient (Wildman–Crippen LogP) is 0.668. The Hall–Kier alpha value is -0.170. The van der Waals surface area contributed by atoms with Crippen molar-refractivity contribution in [2.75, 3.05) is 13.7 Å². The summed E-state index contributed by atoms with van der Waals surface area (Å²) in [6.45, 7) is 0.218. The standard InChI is InChI=1S/C8H17NO4S/c1-12-14(10,11)13-8(7-9)5-3-2-4-6-8/h2-7,9H2,1H3/p+1. The monoisotopic (exact) mass is 224 g/mol. The summed E-state index contributed by atoms with van der Waals surface area (Å²) in [4.78, 5) is 0. The van der Waals surface area contributed by atoms with Gasteiger partial charge in [-0.1, -0.05) is 19.3 Å². The van der Waals surface area contributed by atoms with Crippen LogP contribution in [0.5, 0.6) is 0 Å². The summed E-state index contributed by atoms with van der Waals surface area (Å²) < 4.78 is 31.5. The molecule has 1 aliphatic carbocycles. The highest BCUT2D eigenvalue weighted by molar-refractivity contribution is 7.81. The molecule has 1 aliphatic rings. The van der Waals surface area contributed by atoms with Gasteiger partial charge in [0.1, 0.15) is 5.60 Å². The molecular weight excluding hydrogens is 206 g/mol. The van der Waals surface area contributed by atoms with Crippen molar-refractivity contribution < 1.29 is 18.2 Å². The number of hydrogen-bond donors (Lipinski definition) is 1. The maximum atomic E-state index is 11.1. The molecule has 0 aromatic carbocycles. The summed E-state index contributed by atoms with van der Waals surface area (Å²) in [6.07, 6.45) is 4.39. The molecule has 14 heavy (non-hydrogen) atoms. The van der Waals surface area contributed by atoms with E-state index in [2.05, 4.69) is 4.18 Å². The quantitative estimate of drug-likeness (QED) is 0.759. The maximum absolute atomic E-state index is 11.1. The van der Waals surface area contributed by atoms with Crippen molar-refractivity contribution in [3.8, 4) is 0 Å². The van der Waals surface area contributed by atoms with E-state index in [1.54, 1.807) is 0 Å². The van der Waals surface area contributed by atoms with Gasteiger partial charge in [-0.15, -0.1) is 0 Å². The molecule has 0 radical (unpaired) electrons. The third kappa shape index (κ3) is 2.91. The van der Waals surface area contributed by atoms with Crippen LogP contribution in [0.1, 0.15) is 33.5 Å². The fraction of sp³-hybridized carbons (Fsp3) is 1.00. The first-order chi connectivity index (χ1) is 6.54. The zero-order valence-corrected chi connectivity index (χ0v) is 9.18. The first kappa shape index (κ1) is 11.9. The Morgan fingerprint density at radius 2 is 1.93 bits per heavy atom. The Morgan fingerprint density at radius 3 is 2.36 bits per heavy atom. The minimum absolute atomic E-state index is 0. The molecule has 2 N–H and O–H groups in total. The summed E-state index contributed by atoms with van der Waals surface area (Å²) in [5.41, 5.74) is 4.83. The van der Waals surface area contributed by atoms with Gasteiger partial charge in [-0.05, 0) is 12.8 Å². The Balaban J connectivity index is 0.00000196. The van der Waals surface area contributed by atoms with Crippen LogP contribution in [0.3, 0.4) is 0 Å². The zero-order valence-electron chi connectivity index (χ0n) is 9.36. The molecule has 0 heterocycles. The number of hydrogen-bond acceptors (Lipinski definition) is 5. The van der Waals surface area contributed by atoms with Gasteiger partial charge in [0, 0.05) is 6.54 Å². The van der Waals surface area contributed by atoms with Crippen LogP contribution < -0.4 is 5.73 Å². The fourth-order valence-electron chi connectivity index (χ4n) is 1.77. The van der Waals surface area contributed by atoms with Gasteiger partial charge in [0.25, 0.3) is 0 Å². The summed E-state index contributed by atoms with van der Waals surface area (Å²) in [5.74, 6) is 0. The molecule has 0 aromatic heterocycles. The highest BCUT2D eigenvalue weighted by atomic mass is 32.3. The smallest absolute Gasteiger partial charge is 0.328 e. The second-order valence-electron chi connectivity index (χ2n) is 3.61. The molecule has 84 valence electrons. The van der Waals surface area contributed by atoms with Crippen molar-refractivity contribution in [1.29, 1.82) is 0 Å². The van der Waals surface area contributed by atoms with Crippen molar-refractivity contribution in [2.24, 2.45) is 5.73 Å². The van der Waals surface area contributed by atoms with Crippen LogP contribution >= 0.6 is 0 Å². The van der Waals surface area contributed by atoms with E-state index < -0.39 is 16.0 Å². The number of rotatable bonds is 4. The lowest BCUT2D eigenvalue weighted by atomic mass is 9.85. The molecule has 5 nitrogen and oxygen atoms in total. The van der Waals surface area contributed by atoms with Crippen LogP contribution in [0.25, 0.3) is 0 Å². The highest BCUT2D eigenvalue weighted by Crippen LogP contribution is 2.32. The topological polar surface area (TPSA) is 78.6 Å². The molecule has 0 aliphatic heterocycles. The largest absolute Gasteiger partial charge is 1.00 e. The van der Waals surface area contributed by atoms with E-state index in [9.17, 15) is 8.42 Å². The van der Waals surface area contributed by atoms with Crippen LogP contribution in [0.2, 0.25) is 0 Å². The maximum Gasteiger partial charge on any atom is 1.00 e. The average Bonchev–Trinajstić information content (AvgIpc) is 2.19. The van der Waals surface area contributed by atoms with Gasteiger partial charge in [0.15, 0.2) is 0 Å². The molecule has 0 amide bonds. The van der Waals surface area contributed by atoms with E-state index in [1.807, 2.05) is 0 Å². The van der Waals surface area contributed by atoms with Crippen LogP contribution in [-0.2, 0) is 18.8 Å². The first-order valence-electron chi connectivity index (χ1n) is 4.75. The molecule has 1 rings (SSSR count). The molecule has 0 atom stereocenters. The third-order valence-corrected chi connectivity index (χ3v) is 3.59. The van der Waals surface area contributed by atoms with E-state index in [-0.39, 0.29) is 7.97 Å². The lowest BCUT2D eigenvalue weighted by molar-refractivity contribution is 0.0305. The fourth-order valence-corrected chi connectivity index (χ4v) is 2.50. The summed E-state index contributed by atoms with van der Waals surface area (Å²) in [6, 6.07) is 0. The van der Waals surface area contributed by atoms with Gasteiger partial charge < -0.3 is 5.73 Å². The van der Waals surface area contributed by atoms with Crippen LogP contribution in [0.4, 0.5) is 0 Å². The Labute approximate surface area is 86.4 Å². The third-order valence-electron chi connectivity index (χ3n) is 2.62. The van der Waals surface area contributed by atoms with Gasteiger partial charge >= 0.3 is 11.8 Å². The molecular formula is C8H18NO4S+. The number of nitrogens with two attached hydrogens (primary N) is 1. The van der Waals surface area contributed by atoms with Gasteiger partial charge in [-0.2, -0.15) is 8.42 Å². The molecule has 0 aromatic rings.